The Bertz CT molecular complexity index is 1270. The smallest absolute Gasteiger partial charge is 0.257 e. The number of fused-ring (bicyclic) bond motifs is 2. The first-order valence-corrected chi connectivity index (χ1v) is 10.8. The molecule has 29 heavy (non-hydrogen) atoms. The number of nitrogens with zero attached hydrogens (tertiary/aromatic N) is 1. The predicted molar refractivity (Wildman–Crippen MR) is 119 cm³/mol. The van der Waals surface area contributed by atoms with Crippen molar-refractivity contribution in [3.63, 3.8) is 0 Å². The van der Waals surface area contributed by atoms with Crippen LogP contribution in [-0.4, -0.2) is 22.6 Å². The number of carbonyl (C=O) groups excluding carboxylic acids is 2. The van der Waals surface area contributed by atoms with Gasteiger partial charge in [-0.2, -0.15) is 0 Å². The van der Waals surface area contributed by atoms with Gasteiger partial charge in [0, 0.05) is 21.4 Å². The molecule has 2 N–H and O–H groups in total. The van der Waals surface area contributed by atoms with Crippen molar-refractivity contribution < 1.29 is 9.59 Å². The highest BCUT2D eigenvalue weighted by Crippen LogP contribution is 2.32. The fourth-order valence-electron chi connectivity index (χ4n) is 3.21. The lowest BCUT2D eigenvalue weighted by molar-refractivity contribution is -0.113. The molecule has 0 atom stereocenters. The van der Waals surface area contributed by atoms with Gasteiger partial charge in [0.2, 0.25) is 5.91 Å². The van der Waals surface area contributed by atoms with Crippen LogP contribution in [0.5, 0.6) is 0 Å². The van der Waals surface area contributed by atoms with Crippen molar-refractivity contribution in [1.29, 1.82) is 0 Å². The van der Waals surface area contributed by atoms with Crippen molar-refractivity contribution in [2.75, 3.05) is 16.4 Å². The summed E-state index contributed by atoms with van der Waals surface area (Å²) in [5.74, 6) is 0.0897. The van der Waals surface area contributed by atoms with Crippen molar-refractivity contribution in [3.8, 4) is 11.3 Å². The number of thiazole rings is 1. The van der Waals surface area contributed by atoms with Crippen LogP contribution in [0.4, 0.5) is 10.8 Å². The standard InChI is InChI=1S/C22H15N3O2S2/c26-20-12-28-19-8-7-16(10-17(19)23-20)21(27)25-22-24-18(11-29-22)15-6-5-13-3-1-2-4-14(13)9-15/h1-11H,12H2,(H,23,26)(H,24,25,27). The highest BCUT2D eigenvalue weighted by atomic mass is 32.2. The average Bonchev–Trinajstić information content (AvgIpc) is 3.21. The minimum atomic E-state index is -0.253. The van der Waals surface area contributed by atoms with E-state index in [4.69, 9.17) is 0 Å². The highest BCUT2D eigenvalue weighted by Gasteiger charge is 2.18. The second kappa shape index (κ2) is 7.35. The molecule has 1 aliphatic rings. The van der Waals surface area contributed by atoms with Gasteiger partial charge in [0.1, 0.15) is 0 Å². The van der Waals surface area contributed by atoms with E-state index in [-0.39, 0.29) is 11.8 Å². The molecule has 7 heteroatoms. The molecular weight excluding hydrogens is 402 g/mol. The molecule has 1 aliphatic heterocycles. The summed E-state index contributed by atoms with van der Waals surface area (Å²) in [7, 11) is 0. The summed E-state index contributed by atoms with van der Waals surface area (Å²) in [6.45, 7) is 0. The maximum atomic E-state index is 12.6. The molecule has 142 valence electrons. The molecule has 0 radical (unpaired) electrons. The van der Waals surface area contributed by atoms with Crippen LogP contribution in [0.15, 0.2) is 70.9 Å². The third kappa shape index (κ3) is 3.62. The average molecular weight is 418 g/mol. The fourth-order valence-corrected chi connectivity index (χ4v) is 4.71. The molecule has 2 amide bonds. The number of nitrogens with one attached hydrogen (secondary N) is 2. The molecule has 0 saturated carbocycles. The van der Waals surface area contributed by atoms with Gasteiger partial charge in [-0.25, -0.2) is 4.98 Å². The van der Waals surface area contributed by atoms with E-state index < -0.39 is 0 Å². The van der Waals surface area contributed by atoms with Crippen LogP contribution < -0.4 is 10.6 Å². The molecule has 5 rings (SSSR count). The highest BCUT2D eigenvalue weighted by molar-refractivity contribution is 8.00. The van der Waals surface area contributed by atoms with E-state index >= 15 is 0 Å². The normalized spacial score (nSPS) is 13.0. The molecule has 0 aliphatic carbocycles. The van der Waals surface area contributed by atoms with Gasteiger partial charge in [0.25, 0.3) is 5.91 Å². The number of benzene rings is 3. The molecule has 0 fully saturated rings. The molecule has 3 aromatic carbocycles. The van der Waals surface area contributed by atoms with Crippen LogP contribution in [0.3, 0.4) is 0 Å². The van der Waals surface area contributed by atoms with Crippen LogP contribution in [0, 0.1) is 0 Å². The summed E-state index contributed by atoms with van der Waals surface area (Å²) in [6.07, 6.45) is 0. The Morgan fingerprint density at radius 3 is 2.79 bits per heavy atom. The third-order valence-electron chi connectivity index (χ3n) is 4.64. The Morgan fingerprint density at radius 2 is 1.90 bits per heavy atom. The van der Waals surface area contributed by atoms with Gasteiger partial charge in [0.15, 0.2) is 5.13 Å². The van der Waals surface area contributed by atoms with Crippen molar-refractivity contribution in [2.45, 2.75) is 4.90 Å². The van der Waals surface area contributed by atoms with E-state index in [9.17, 15) is 9.59 Å². The predicted octanol–water partition coefficient (Wildman–Crippen LogP) is 5.26. The molecule has 0 saturated heterocycles. The van der Waals surface area contributed by atoms with E-state index in [2.05, 4.69) is 39.9 Å². The third-order valence-corrected chi connectivity index (χ3v) is 6.48. The second-order valence-corrected chi connectivity index (χ2v) is 8.48. The van der Waals surface area contributed by atoms with Gasteiger partial charge in [-0.1, -0.05) is 36.4 Å². The van der Waals surface area contributed by atoms with Gasteiger partial charge in [-0.05, 0) is 35.0 Å². The number of carbonyl (C=O) groups is 2. The maximum Gasteiger partial charge on any atom is 0.257 e. The van der Waals surface area contributed by atoms with Crippen LogP contribution in [0.25, 0.3) is 22.0 Å². The molecule has 1 aromatic heterocycles. The van der Waals surface area contributed by atoms with Crippen molar-refractivity contribution in [3.05, 3.63) is 71.6 Å². The summed E-state index contributed by atoms with van der Waals surface area (Å²) in [6, 6.07) is 19.7. The van der Waals surface area contributed by atoms with Crippen LogP contribution in [0.1, 0.15) is 10.4 Å². The largest absolute Gasteiger partial charge is 0.324 e. The Balaban J connectivity index is 1.36. The number of hydrogen-bond donors (Lipinski definition) is 2. The lowest BCUT2D eigenvalue weighted by Gasteiger charge is -2.16. The first-order valence-electron chi connectivity index (χ1n) is 8.98. The topological polar surface area (TPSA) is 71.1 Å². The lowest BCUT2D eigenvalue weighted by atomic mass is 10.1. The van der Waals surface area contributed by atoms with Crippen LogP contribution in [0.2, 0.25) is 0 Å². The Morgan fingerprint density at radius 1 is 1.03 bits per heavy atom. The van der Waals surface area contributed by atoms with Crippen molar-refractivity contribution >= 4 is 56.5 Å². The Labute approximate surface area is 175 Å². The summed E-state index contributed by atoms with van der Waals surface area (Å²) < 4.78 is 0. The van der Waals surface area contributed by atoms with Crippen molar-refractivity contribution in [2.24, 2.45) is 0 Å². The van der Waals surface area contributed by atoms with E-state index in [1.165, 1.54) is 28.5 Å². The summed E-state index contributed by atoms with van der Waals surface area (Å²) in [4.78, 5) is 29.7. The number of thioether (sulfide) groups is 1. The van der Waals surface area contributed by atoms with Crippen molar-refractivity contribution in [1.82, 2.24) is 4.98 Å². The minimum absolute atomic E-state index is 0.0555. The number of hydrogen-bond acceptors (Lipinski definition) is 5. The molecule has 0 bridgehead atoms. The number of rotatable bonds is 3. The first-order chi connectivity index (χ1) is 14.2. The van der Waals surface area contributed by atoms with E-state index in [1.807, 2.05) is 29.6 Å². The molecule has 0 unspecified atom stereocenters. The monoisotopic (exact) mass is 417 g/mol. The second-order valence-electron chi connectivity index (χ2n) is 6.60. The van der Waals surface area contributed by atoms with E-state index in [0.29, 0.717) is 22.1 Å². The first kappa shape index (κ1) is 17.9. The SMILES string of the molecule is O=C1CSc2ccc(C(=O)Nc3nc(-c4ccc5ccccc5c4)cs3)cc2N1. The number of amides is 2. The van der Waals surface area contributed by atoms with Gasteiger partial charge in [0.05, 0.1) is 17.1 Å². The zero-order valence-corrected chi connectivity index (χ0v) is 16.8. The maximum absolute atomic E-state index is 12.6. The summed E-state index contributed by atoms with van der Waals surface area (Å²) in [5.41, 5.74) is 2.99. The lowest BCUT2D eigenvalue weighted by Crippen LogP contribution is -2.19. The quantitative estimate of drug-likeness (QED) is 0.477. The molecule has 5 nitrogen and oxygen atoms in total. The van der Waals surface area contributed by atoms with Crippen LogP contribution in [-0.2, 0) is 4.79 Å². The van der Waals surface area contributed by atoms with Gasteiger partial charge < -0.3 is 5.32 Å². The Hall–Kier alpha value is -3.16. The molecule has 4 aromatic rings. The van der Waals surface area contributed by atoms with E-state index in [0.717, 1.165) is 21.5 Å². The molecular formula is C22H15N3O2S2. The zero-order chi connectivity index (χ0) is 19.8. The van der Waals surface area contributed by atoms with Crippen LogP contribution >= 0.6 is 23.1 Å². The molecule has 0 spiro atoms. The number of anilines is 2. The van der Waals surface area contributed by atoms with Gasteiger partial charge >= 0.3 is 0 Å². The number of aromatic nitrogens is 1. The Kier molecular flexibility index (Phi) is 4.54. The van der Waals surface area contributed by atoms with Gasteiger partial charge in [-0.15, -0.1) is 23.1 Å². The summed E-state index contributed by atoms with van der Waals surface area (Å²) in [5, 5.41) is 10.5. The fraction of sp³-hybridized carbons (Fsp3) is 0.0455. The van der Waals surface area contributed by atoms with E-state index in [1.54, 1.807) is 12.1 Å². The van der Waals surface area contributed by atoms with Gasteiger partial charge in [-0.3, -0.25) is 14.9 Å². The minimum Gasteiger partial charge on any atom is -0.324 e. The molecule has 2 heterocycles. The zero-order valence-electron chi connectivity index (χ0n) is 15.1. The summed E-state index contributed by atoms with van der Waals surface area (Å²) >= 11 is 2.85.